The molecule has 1 aliphatic rings. The van der Waals surface area contributed by atoms with Crippen molar-refractivity contribution in [3.05, 3.63) is 33.3 Å². The van der Waals surface area contributed by atoms with Crippen molar-refractivity contribution in [2.45, 2.75) is 12.3 Å². The highest BCUT2D eigenvalue weighted by atomic mass is 79.9. The lowest BCUT2D eigenvalue weighted by atomic mass is 10.0. The van der Waals surface area contributed by atoms with E-state index in [0.717, 1.165) is 10.9 Å². The summed E-state index contributed by atoms with van der Waals surface area (Å²) in [5.41, 5.74) is 6.79. The van der Waals surface area contributed by atoms with Crippen LogP contribution in [-0.4, -0.2) is 18.3 Å². The van der Waals surface area contributed by atoms with Crippen LogP contribution < -0.4 is 5.73 Å². The van der Waals surface area contributed by atoms with E-state index in [9.17, 15) is 5.11 Å². The summed E-state index contributed by atoms with van der Waals surface area (Å²) in [5.74, 6) is 0.376. The summed E-state index contributed by atoms with van der Waals surface area (Å²) in [7, 11) is 0. The van der Waals surface area contributed by atoms with E-state index in [1.165, 1.54) is 5.56 Å². The Kier molecular flexibility index (Phi) is 3.08. The normalized spacial score (nSPS) is 29.2. The molecule has 2 nitrogen and oxygen atoms in total. The highest BCUT2D eigenvalue weighted by molar-refractivity contribution is 9.10. The van der Waals surface area contributed by atoms with Crippen LogP contribution in [0.4, 0.5) is 0 Å². The monoisotopic (exact) mass is 289 g/mol. The molecular weight excluding hydrogens is 277 g/mol. The van der Waals surface area contributed by atoms with E-state index >= 15 is 0 Å². The standard InChI is InChI=1S/C11H13BrClNO/c12-9-3-7(1-2-10(9)13)8-4-11(8,5-14)6-15/h1-3,8,15H,4-6,14H2. The Labute approximate surface area is 103 Å². The maximum absolute atomic E-state index is 9.29. The second kappa shape index (κ2) is 4.06. The summed E-state index contributed by atoms with van der Waals surface area (Å²) < 4.78 is 0.900. The predicted octanol–water partition coefficient (Wildman–Crippen LogP) is 2.53. The molecule has 0 aliphatic heterocycles. The van der Waals surface area contributed by atoms with Crippen molar-refractivity contribution < 1.29 is 5.11 Å². The topological polar surface area (TPSA) is 46.2 Å². The Morgan fingerprint density at radius 2 is 2.33 bits per heavy atom. The third kappa shape index (κ3) is 1.94. The zero-order valence-electron chi connectivity index (χ0n) is 8.21. The van der Waals surface area contributed by atoms with Gasteiger partial charge >= 0.3 is 0 Å². The Hall–Kier alpha value is -0.0900. The van der Waals surface area contributed by atoms with Gasteiger partial charge in [-0.1, -0.05) is 17.7 Å². The Bertz CT molecular complexity index is 379. The summed E-state index contributed by atoms with van der Waals surface area (Å²) in [6.45, 7) is 0.697. The zero-order valence-corrected chi connectivity index (χ0v) is 10.6. The molecule has 1 fully saturated rings. The van der Waals surface area contributed by atoms with Crippen LogP contribution in [0.5, 0.6) is 0 Å². The quantitative estimate of drug-likeness (QED) is 0.898. The van der Waals surface area contributed by atoms with Gasteiger partial charge < -0.3 is 10.8 Å². The molecular formula is C11H13BrClNO. The van der Waals surface area contributed by atoms with Gasteiger partial charge in [0.25, 0.3) is 0 Å². The van der Waals surface area contributed by atoms with E-state index in [1.54, 1.807) is 0 Å². The number of hydrogen-bond acceptors (Lipinski definition) is 2. The minimum atomic E-state index is -0.0900. The molecule has 2 rings (SSSR count). The SMILES string of the molecule is NCC1(CO)CC1c1ccc(Cl)c(Br)c1. The fraction of sp³-hybridized carbons (Fsp3) is 0.455. The summed E-state index contributed by atoms with van der Waals surface area (Å²) in [6, 6.07) is 5.89. The van der Waals surface area contributed by atoms with E-state index in [2.05, 4.69) is 15.9 Å². The largest absolute Gasteiger partial charge is 0.396 e. The van der Waals surface area contributed by atoms with Crippen LogP contribution in [0.1, 0.15) is 17.9 Å². The number of aliphatic hydroxyl groups excluding tert-OH is 1. The van der Waals surface area contributed by atoms with Gasteiger partial charge in [0.2, 0.25) is 0 Å². The molecule has 1 aromatic rings. The summed E-state index contributed by atoms with van der Waals surface area (Å²) in [5, 5.41) is 10.0. The van der Waals surface area contributed by atoms with Crippen molar-refractivity contribution >= 4 is 27.5 Å². The number of nitrogens with two attached hydrogens (primary N) is 1. The summed E-state index contributed by atoms with van der Waals surface area (Å²) in [6.07, 6.45) is 0.966. The molecule has 0 amide bonds. The van der Waals surface area contributed by atoms with Crippen molar-refractivity contribution in [3.8, 4) is 0 Å². The lowest BCUT2D eigenvalue weighted by Crippen LogP contribution is -2.21. The number of halogens is 2. The molecule has 15 heavy (non-hydrogen) atoms. The third-order valence-corrected chi connectivity index (χ3v) is 4.47. The predicted molar refractivity (Wildman–Crippen MR) is 65.1 cm³/mol. The highest BCUT2D eigenvalue weighted by Gasteiger charge is 2.53. The third-order valence-electron chi connectivity index (χ3n) is 3.26. The van der Waals surface area contributed by atoms with Gasteiger partial charge in [-0.25, -0.2) is 0 Å². The van der Waals surface area contributed by atoms with Gasteiger partial charge in [-0.05, 0) is 46.0 Å². The molecule has 0 bridgehead atoms. The van der Waals surface area contributed by atoms with Crippen LogP contribution in [0.25, 0.3) is 0 Å². The molecule has 1 aromatic carbocycles. The number of benzene rings is 1. The Balaban J connectivity index is 2.23. The maximum Gasteiger partial charge on any atom is 0.0548 e. The van der Waals surface area contributed by atoms with E-state index in [1.807, 2.05) is 18.2 Å². The smallest absolute Gasteiger partial charge is 0.0548 e. The first-order valence-electron chi connectivity index (χ1n) is 4.89. The molecule has 0 spiro atoms. The number of rotatable bonds is 3. The fourth-order valence-electron chi connectivity index (χ4n) is 2.01. The lowest BCUT2D eigenvalue weighted by molar-refractivity contribution is 0.211. The second-order valence-electron chi connectivity index (χ2n) is 4.15. The molecule has 0 radical (unpaired) electrons. The highest BCUT2D eigenvalue weighted by Crippen LogP contribution is 2.58. The molecule has 2 unspecified atom stereocenters. The number of aliphatic hydroxyl groups is 1. The van der Waals surface area contributed by atoms with Crippen LogP contribution in [0, 0.1) is 5.41 Å². The van der Waals surface area contributed by atoms with Crippen LogP contribution in [0.2, 0.25) is 5.02 Å². The molecule has 1 aliphatic carbocycles. The summed E-state index contributed by atoms with van der Waals surface area (Å²) >= 11 is 9.32. The average Bonchev–Trinajstić information content (AvgIpc) is 2.97. The first-order valence-corrected chi connectivity index (χ1v) is 6.06. The molecule has 0 heterocycles. The van der Waals surface area contributed by atoms with Gasteiger partial charge in [0.1, 0.15) is 0 Å². The average molecular weight is 291 g/mol. The van der Waals surface area contributed by atoms with Gasteiger partial charge in [-0.15, -0.1) is 0 Å². The minimum absolute atomic E-state index is 0.0900. The zero-order chi connectivity index (χ0) is 11.1. The van der Waals surface area contributed by atoms with Crippen LogP contribution in [0.3, 0.4) is 0 Å². The van der Waals surface area contributed by atoms with E-state index in [0.29, 0.717) is 17.5 Å². The Morgan fingerprint density at radius 3 is 2.80 bits per heavy atom. The van der Waals surface area contributed by atoms with Gasteiger partial charge in [-0.3, -0.25) is 0 Å². The molecule has 82 valence electrons. The Morgan fingerprint density at radius 1 is 1.60 bits per heavy atom. The molecule has 0 aromatic heterocycles. The van der Waals surface area contributed by atoms with Crippen LogP contribution >= 0.6 is 27.5 Å². The van der Waals surface area contributed by atoms with Gasteiger partial charge in [-0.2, -0.15) is 0 Å². The van der Waals surface area contributed by atoms with E-state index in [-0.39, 0.29) is 12.0 Å². The van der Waals surface area contributed by atoms with Gasteiger partial charge in [0, 0.05) is 16.4 Å². The first kappa shape index (κ1) is 11.4. The van der Waals surface area contributed by atoms with E-state index in [4.69, 9.17) is 17.3 Å². The van der Waals surface area contributed by atoms with Crippen molar-refractivity contribution in [2.75, 3.05) is 13.2 Å². The lowest BCUT2D eigenvalue weighted by Gasteiger charge is -2.11. The minimum Gasteiger partial charge on any atom is -0.396 e. The molecule has 0 saturated heterocycles. The first-order chi connectivity index (χ1) is 7.13. The van der Waals surface area contributed by atoms with Crippen LogP contribution in [0.15, 0.2) is 22.7 Å². The van der Waals surface area contributed by atoms with Crippen molar-refractivity contribution in [2.24, 2.45) is 11.1 Å². The molecule has 1 saturated carbocycles. The molecule has 2 atom stereocenters. The van der Waals surface area contributed by atoms with Crippen LogP contribution in [-0.2, 0) is 0 Å². The van der Waals surface area contributed by atoms with Gasteiger partial charge in [0.15, 0.2) is 0 Å². The fourth-order valence-corrected chi connectivity index (χ4v) is 2.53. The molecule has 3 N–H and O–H groups in total. The molecule has 4 heteroatoms. The number of hydrogen-bond donors (Lipinski definition) is 2. The van der Waals surface area contributed by atoms with Crippen molar-refractivity contribution in [3.63, 3.8) is 0 Å². The van der Waals surface area contributed by atoms with Crippen molar-refractivity contribution in [1.82, 2.24) is 0 Å². The maximum atomic E-state index is 9.29. The van der Waals surface area contributed by atoms with E-state index < -0.39 is 0 Å². The second-order valence-corrected chi connectivity index (χ2v) is 5.42. The summed E-state index contributed by atoms with van der Waals surface area (Å²) in [4.78, 5) is 0. The van der Waals surface area contributed by atoms with Crippen molar-refractivity contribution in [1.29, 1.82) is 0 Å². The van der Waals surface area contributed by atoms with Gasteiger partial charge in [0.05, 0.1) is 11.6 Å².